The molecule has 0 radical (unpaired) electrons. The van der Waals surface area contributed by atoms with Crippen LogP contribution in [0.1, 0.15) is 63.8 Å². The van der Waals surface area contributed by atoms with Crippen LogP contribution in [0.25, 0.3) is 22.0 Å². The molecule has 1 heterocycles. The molecule has 1 aromatic heterocycles. The third-order valence-electron chi connectivity index (χ3n) is 5.06. The van der Waals surface area contributed by atoms with E-state index in [9.17, 15) is 0 Å². The van der Waals surface area contributed by atoms with Crippen molar-refractivity contribution in [3.8, 4) is 11.3 Å². The third kappa shape index (κ3) is 3.53. The summed E-state index contributed by atoms with van der Waals surface area (Å²) in [6.45, 7) is 17.9. The van der Waals surface area contributed by atoms with E-state index in [0.29, 0.717) is 0 Å². The lowest BCUT2D eigenvalue weighted by Crippen LogP contribution is -2.14. The Labute approximate surface area is 158 Å². The largest absolute Gasteiger partial charge is 0.255 e. The maximum atomic E-state index is 4.92. The van der Waals surface area contributed by atoms with Crippen LogP contribution in [0, 0.1) is 13.8 Å². The van der Waals surface area contributed by atoms with Crippen LogP contribution >= 0.6 is 0 Å². The fraction of sp³-hybridized carbons (Fsp3) is 0.400. The number of pyridine rings is 1. The van der Waals surface area contributed by atoms with E-state index in [1.807, 2.05) is 0 Å². The number of hydrogen-bond acceptors (Lipinski definition) is 1. The molecule has 0 unspecified atom stereocenters. The summed E-state index contributed by atoms with van der Waals surface area (Å²) < 4.78 is 0. The van der Waals surface area contributed by atoms with Crippen LogP contribution < -0.4 is 0 Å². The minimum Gasteiger partial charge on any atom is -0.255 e. The Kier molecular flexibility index (Phi) is 4.46. The van der Waals surface area contributed by atoms with Crippen molar-refractivity contribution in [2.45, 2.75) is 66.2 Å². The molecule has 0 aliphatic rings. The minimum absolute atomic E-state index is 0.0583. The molecule has 0 fully saturated rings. The Morgan fingerprint density at radius 1 is 0.692 bits per heavy atom. The molecule has 0 spiro atoms. The Bertz CT molecular complexity index is 946. The zero-order valence-corrected chi connectivity index (χ0v) is 17.5. The first-order chi connectivity index (χ1) is 12.0. The van der Waals surface area contributed by atoms with Crippen LogP contribution in [-0.2, 0) is 10.8 Å². The van der Waals surface area contributed by atoms with E-state index in [-0.39, 0.29) is 10.8 Å². The SMILES string of the molecule is Cc1cc(C)cc(-c2ncc(C(C)(C)C)c3cc(C(C)(C)C)ccc23)c1. The van der Waals surface area contributed by atoms with Crippen molar-refractivity contribution in [1.29, 1.82) is 0 Å². The molecule has 0 saturated carbocycles. The fourth-order valence-corrected chi connectivity index (χ4v) is 3.65. The Hall–Kier alpha value is -2.15. The van der Waals surface area contributed by atoms with E-state index in [1.54, 1.807) is 0 Å². The monoisotopic (exact) mass is 345 g/mol. The van der Waals surface area contributed by atoms with Crippen LogP contribution in [0.4, 0.5) is 0 Å². The van der Waals surface area contributed by atoms with Crippen LogP contribution in [0.15, 0.2) is 42.6 Å². The molecule has 0 N–H and O–H groups in total. The first-order valence-corrected chi connectivity index (χ1v) is 9.49. The van der Waals surface area contributed by atoms with Gasteiger partial charge in [0.25, 0.3) is 0 Å². The number of aromatic nitrogens is 1. The Balaban J connectivity index is 2.37. The van der Waals surface area contributed by atoms with Crippen LogP contribution in [-0.4, -0.2) is 4.98 Å². The molecule has 2 aromatic carbocycles. The van der Waals surface area contributed by atoms with Crippen LogP contribution in [0.3, 0.4) is 0 Å². The highest BCUT2D eigenvalue weighted by Gasteiger charge is 2.22. The van der Waals surface area contributed by atoms with Crippen molar-refractivity contribution in [3.05, 3.63) is 64.8 Å². The second-order valence-corrected chi connectivity index (χ2v) is 9.66. The maximum Gasteiger partial charge on any atom is 0.0780 e. The van der Waals surface area contributed by atoms with Crippen molar-refractivity contribution in [2.75, 3.05) is 0 Å². The maximum absolute atomic E-state index is 4.92. The summed E-state index contributed by atoms with van der Waals surface area (Å²) in [5.74, 6) is 0. The molecule has 0 aliphatic heterocycles. The molecule has 26 heavy (non-hydrogen) atoms. The second kappa shape index (κ2) is 6.23. The zero-order valence-electron chi connectivity index (χ0n) is 17.5. The molecular formula is C25H31N. The predicted molar refractivity (Wildman–Crippen MR) is 114 cm³/mol. The summed E-state index contributed by atoms with van der Waals surface area (Å²) in [6.07, 6.45) is 2.09. The van der Waals surface area contributed by atoms with Gasteiger partial charge < -0.3 is 0 Å². The molecule has 1 heteroatoms. The lowest BCUT2D eigenvalue weighted by molar-refractivity contribution is 0.586. The lowest BCUT2D eigenvalue weighted by atomic mass is 9.80. The van der Waals surface area contributed by atoms with Gasteiger partial charge in [-0.2, -0.15) is 0 Å². The van der Waals surface area contributed by atoms with Crippen molar-refractivity contribution >= 4 is 10.8 Å². The predicted octanol–water partition coefficient (Wildman–Crippen LogP) is 7.11. The smallest absolute Gasteiger partial charge is 0.0780 e. The zero-order chi connectivity index (χ0) is 19.3. The number of hydrogen-bond donors (Lipinski definition) is 0. The summed E-state index contributed by atoms with van der Waals surface area (Å²) in [4.78, 5) is 4.92. The molecule has 1 nitrogen and oxygen atoms in total. The summed E-state index contributed by atoms with van der Waals surface area (Å²) >= 11 is 0. The number of benzene rings is 2. The Morgan fingerprint density at radius 3 is 1.85 bits per heavy atom. The molecule has 0 atom stereocenters. The molecule has 0 amide bonds. The van der Waals surface area contributed by atoms with E-state index < -0.39 is 0 Å². The molecule has 0 bridgehead atoms. The molecule has 0 saturated heterocycles. The van der Waals surface area contributed by atoms with Gasteiger partial charge in [0, 0.05) is 17.1 Å². The van der Waals surface area contributed by atoms with E-state index >= 15 is 0 Å². The van der Waals surface area contributed by atoms with E-state index in [0.717, 1.165) is 5.69 Å². The molecule has 3 aromatic rings. The highest BCUT2D eigenvalue weighted by molar-refractivity contribution is 5.97. The van der Waals surface area contributed by atoms with Crippen LogP contribution in [0.2, 0.25) is 0 Å². The minimum atomic E-state index is 0.0583. The summed E-state index contributed by atoms with van der Waals surface area (Å²) in [5, 5.41) is 2.57. The average molecular weight is 346 g/mol. The molecule has 0 aliphatic carbocycles. The van der Waals surface area contributed by atoms with Gasteiger partial charge in [-0.3, -0.25) is 4.98 Å². The van der Waals surface area contributed by atoms with E-state index in [4.69, 9.17) is 4.98 Å². The normalized spacial score (nSPS) is 12.6. The van der Waals surface area contributed by atoms with Gasteiger partial charge in [-0.05, 0) is 53.3 Å². The molecular weight excluding hydrogens is 314 g/mol. The highest BCUT2D eigenvalue weighted by atomic mass is 14.7. The van der Waals surface area contributed by atoms with Gasteiger partial charge in [0.15, 0.2) is 0 Å². The number of aryl methyl sites for hydroxylation is 2. The van der Waals surface area contributed by atoms with Crippen molar-refractivity contribution in [2.24, 2.45) is 0 Å². The average Bonchev–Trinajstić information content (AvgIpc) is 2.50. The first kappa shape index (κ1) is 18.6. The van der Waals surface area contributed by atoms with Gasteiger partial charge in [0.2, 0.25) is 0 Å². The number of fused-ring (bicyclic) bond motifs is 1. The second-order valence-electron chi connectivity index (χ2n) is 9.66. The standard InChI is InChI=1S/C25H31N/c1-16-11-17(2)13-18(12-16)23-20-10-9-19(24(3,4)5)14-21(20)22(15-26-23)25(6,7)8/h9-15H,1-8H3. The van der Waals surface area contributed by atoms with Gasteiger partial charge in [-0.25, -0.2) is 0 Å². The first-order valence-electron chi connectivity index (χ1n) is 9.49. The van der Waals surface area contributed by atoms with Crippen molar-refractivity contribution in [1.82, 2.24) is 4.98 Å². The summed E-state index contributed by atoms with van der Waals surface area (Å²) in [5.41, 5.74) is 7.72. The van der Waals surface area contributed by atoms with E-state index in [1.165, 1.54) is 38.6 Å². The topological polar surface area (TPSA) is 12.9 Å². The van der Waals surface area contributed by atoms with Gasteiger partial charge in [-0.15, -0.1) is 0 Å². The Morgan fingerprint density at radius 2 is 1.31 bits per heavy atom. The summed E-state index contributed by atoms with van der Waals surface area (Å²) in [6, 6.07) is 13.6. The third-order valence-corrected chi connectivity index (χ3v) is 5.06. The molecule has 3 rings (SSSR count). The van der Waals surface area contributed by atoms with Gasteiger partial charge >= 0.3 is 0 Å². The van der Waals surface area contributed by atoms with Crippen molar-refractivity contribution < 1.29 is 0 Å². The fourth-order valence-electron chi connectivity index (χ4n) is 3.65. The number of nitrogens with zero attached hydrogens (tertiary/aromatic N) is 1. The van der Waals surface area contributed by atoms with Gasteiger partial charge in [0.1, 0.15) is 0 Å². The quantitative estimate of drug-likeness (QED) is 0.458. The van der Waals surface area contributed by atoms with Gasteiger partial charge in [-0.1, -0.05) is 76.9 Å². The van der Waals surface area contributed by atoms with Crippen molar-refractivity contribution in [3.63, 3.8) is 0 Å². The molecule has 136 valence electrons. The van der Waals surface area contributed by atoms with Gasteiger partial charge in [0.05, 0.1) is 5.69 Å². The lowest BCUT2D eigenvalue weighted by Gasteiger charge is -2.25. The van der Waals surface area contributed by atoms with Crippen LogP contribution in [0.5, 0.6) is 0 Å². The highest BCUT2D eigenvalue weighted by Crippen LogP contribution is 2.37. The number of rotatable bonds is 1. The summed E-state index contributed by atoms with van der Waals surface area (Å²) in [7, 11) is 0. The van der Waals surface area contributed by atoms with E-state index in [2.05, 4.69) is 98.0 Å².